The number of amides is 4. The average Bonchev–Trinajstić information content (AvgIpc) is 2.77. The molecule has 0 aliphatic carbocycles. The number of benzene rings is 1. The fourth-order valence-corrected chi connectivity index (χ4v) is 3.88. The number of alkyl carbamates (subject to hydrolysis) is 1. The number of methoxy groups -OCH3 is 1. The zero-order chi connectivity index (χ0) is 29.4. The van der Waals surface area contributed by atoms with Gasteiger partial charge in [0.15, 0.2) is 0 Å². The molecule has 0 aliphatic heterocycles. The number of nitrogens with two attached hydrogens (primary N) is 1. The minimum absolute atomic E-state index is 0.411. The predicted octanol–water partition coefficient (Wildman–Crippen LogP) is 2.42. The Balaban J connectivity index is 3.71. The fraction of sp³-hybridized carbons (Fsp3) is 0.593. The number of ether oxygens (including phenoxy) is 2. The first-order valence-corrected chi connectivity index (χ1v) is 12.5. The highest BCUT2D eigenvalue weighted by Crippen LogP contribution is 2.33. The highest BCUT2D eigenvalue weighted by molar-refractivity contribution is 5.95. The number of rotatable bonds is 11. The number of carbonyl (C=O) groups excluding carboxylic acids is 5. The third kappa shape index (κ3) is 9.68. The molecule has 4 amide bonds. The molecule has 11 nitrogen and oxygen atoms in total. The summed E-state index contributed by atoms with van der Waals surface area (Å²) in [6, 6.07) is 2.84. The van der Waals surface area contributed by atoms with Crippen LogP contribution in [0.2, 0.25) is 0 Å². The van der Waals surface area contributed by atoms with Crippen molar-refractivity contribution in [3.8, 4) is 0 Å². The summed E-state index contributed by atoms with van der Waals surface area (Å²) in [4.78, 5) is 65.4. The van der Waals surface area contributed by atoms with Crippen LogP contribution in [0.5, 0.6) is 0 Å². The molecule has 0 aromatic heterocycles. The van der Waals surface area contributed by atoms with Gasteiger partial charge in [-0.25, -0.2) is 4.79 Å². The van der Waals surface area contributed by atoms with Crippen LogP contribution in [-0.4, -0.2) is 65.5 Å². The maximum absolute atomic E-state index is 14.1. The number of nitrogens with one attached hydrogen (secondary N) is 2. The number of hydrogen-bond acceptors (Lipinski definition) is 7. The maximum Gasteiger partial charge on any atom is 0.408 e. The number of nitrogens with zero attached hydrogens (tertiary/aromatic N) is 1. The number of primary amides is 1. The largest absolute Gasteiger partial charge is 0.468 e. The molecule has 2 atom stereocenters. The Labute approximate surface area is 224 Å². The molecular formula is C27H42N4O7. The lowest BCUT2D eigenvalue weighted by atomic mass is 9.90. The highest BCUT2D eigenvalue weighted by atomic mass is 16.6. The molecule has 1 rings (SSSR count). The average molecular weight is 535 g/mol. The Morgan fingerprint density at radius 3 is 2.00 bits per heavy atom. The maximum atomic E-state index is 14.1. The van der Waals surface area contributed by atoms with Crippen LogP contribution in [0.1, 0.15) is 77.1 Å². The molecule has 0 heterocycles. The van der Waals surface area contributed by atoms with E-state index >= 15 is 0 Å². The van der Waals surface area contributed by atoms with Gasteiger partial charge in [0.05, 0.1) is 13.5 Å². The Morgan fingerprint density at radius 2 is 1.55 bits per heavy atom. The summed E-state index contributed by atoms with van der Waals surface area (Å²) >= 11 is 0. The Kier molecular flexibility index (Phi) is 11.3. The first-order valence-electron chi connectivity index (χ1n) is 12.5. The number of aryl methyl sites for hydroxylation is 2. The second-order valence-electron chi connectivity index (χ2n) is 10.9. The Hall–Kier alpha value is -3.63. The third-order valence-corrected chi connectivity index (χ3v) is 5.85. The summed E-state index contributed by atoms with van der Waals surface area (Å²) in [5, 5.41) is 4.99. The van der Waals surface area contributed by atoms with Gasteiger partial charge < -0.3 is 30.7 Å². The van der Waals surface area contributed by atoms with E-state index in [0.29, 0.717) is 12.0 Å². The molecular weight excluding hydrogens is 492 g/mol. The molecule has 0 saturated heterocycles. The molecule has 0 fully saturated rings. The van der Waals surface area contributed by atoms with Gasteiger partial charge in [0.25, 0.3) is 0 Å². The van der Waals surface area contributed by atoms with Crippen molar-refractivity contribution in [2.75, 3.05) is 13.7 Å². The third-order valence-electron chi connectivity index (χ3n) is 5.85. The van der Waals surface area contributed by atoms with E-state index in [9.17, 15) is 24.0 Å². The lowest BCUT2D eigenvalue weighted by Crippen LogP contribution is -2.60. The topological polar surface area (TPSA) is 157 Å². The summed E-state index contributed by atoms with van der Waals surface area (Å²) in [6.45, 7) is 13.7. The van der Waals surface area contributed by atoms with Gasteiger partial charge in [0.2, 0.25) is 17.7 Å². The van der Waals surface area contributed by atoms with Crippen molar-refractivity contribution in [3.63, 3.8) is 0 Å². The van der Waals surface area contributed by atoms with E-state index in [1.54, 1.807) is 46.8 Å². The van der Waals surface area contributed by atoms with Crippen LogP contribution in [0.3, 0.4) is 0 Å². The molecule has 0 saturated carbocycles. The van der Waals surface area contributed by atoms with Crippen LogP contribution in [0, 0.1) is 13.8 Å². The van der Waals surface area contributed by atoms with E-state index in [0.717, 1.165) is 11.1 Å². The minimum Gasteiger partial charge on any atom is -0.468 e. The van der Waals surface area contributed by atoms with Gasteiger partial charge in [-0.05, 0) is 60.5 Å². The summed E-state index contributed by atoms with van der Waals surface area (Å²) in [5.74, 6) is -2.83. The van der Waals surface area contributed by atoms with Crippen LogP contribution in [-0.2, 0) is 28.7 Å². The minimum atomic E-state index is -1.41. The highest BCUT2D eigenvalue weighted by Gasteiger charge is 2.43. The molecule has 212 valence electrons. The smallest absolute Gasteiger partial charge is 0.408 e. The van der Waals surface area contributed by atoms with Gasteiger partial charge in [0.1, 0.15) is 24.2 Å². The first kappa shape index (κ1) is 32.4. The van der Waals surface area contributed by atoms with Gasteiger partial charge in [0, 0.05) is 5.54 Å². The van der Waals surface area contributed by atoms with Crippen LogP contribution in [0.15, 0.2) is 18.2 Å². The van der Waals surface area contributed by atoms with Gasteiger partial charge in [-0.15, -0.1) is 0 Å². The zero-order valence-corrected chi connectivity index (χ0v) is 23.9. The molecule has 2 unspecified atom stereocenters. The molecule has 4 N–H and O–H groups in total. The van der Waals surface area contributed by atoms with Gasteiger partial charge in [-0.3, -0.25) is 19.2 Å². The van der Waals surface area contributed by atoms with E-state index < -0.39 is 66.0 Å². The fourth-order valence-electron chi connectivity index (χ4n) is 3.88. The monoisotopic (exact) mass is 534 g/mol. The van der Waals surface area contributed by atoms with Crippen molar-refractivity contribution in [3.05, 3.63) is 34.9 Å². The Morgan fingerprint density at radius 1 is 1.00 bits per heavy atom. The molecule has 38 heavy (non-hydrogen) atoms. The second-order valence-corrected chi connectivity index (χ2v) is 10.9. The van der Waals surface area contributed by atoms with Crippen molar-refractivity contribution < 1.29 is 33.4 Å². The van der Waals surface area contributed by atoms with E-state index in [-0.39, 0.29) is 0 Å². The summed E-state index contributed by atoms with van der Waals surface area (Å²) in [7, 11) is 1.20. The van der Waals surface area contributed by atoms with Crippen LogP contribution >= 0.6 is 0 Å². The Bertz CT molecular complexity index is 1030. The lowest BCUT2D eigenvalue weighted by molar-refractivity contribution is -0.150. The van der Waals surface area contributed by atoms with Crippen molar-refractivity contribution in [2.45, 2.75) is 91.5 Å². The second kappa shape index (κ2) is 13.3. The molecule has 0 spiro atoms. The molecule has 0 aliphatic rings. The summed E-state index contributed by atoms with van der Waals surface area (Å²) < 4.78 is 9.93. The van der Waals surface area contributed by atoms with Gasteiger partial charge in [-0.2, -0.15) is 0 Å². The molecule has 11 heteroatoms. The van der Waals surface area contributed by atoms with Crippen molar-refractivity contribution in [1.29, 1.82) is 0 Å². The van der Waals surface area contributed by atoms with E-state index in [2.05, 4.69) is 15.4 Å². The van der Waals surface area contributed by atoms with Gasteiger partial charge in [-0.1, -0.05) is 36.2 Å². The summed E-state index contributed by atoms with van der Waals surface area (Å²) in [6.07, 6.45) is -1.01. The van der Waals surface area contributed by atoms with Crippen molar-refractivity contribution in [2.24, 2.45) is 5.73 Å². The van der Waals surface area contributed by atoms with E-state index in [1.807, 2.05) is 26.8 Å². The van der Waals surface area contributed by atoms with Crippen LogP contribution in [0.25, 0.3) is 0 Å². The number of carbonyl (C=O) groups is 5. The molecule has 0 radical (unpaired) electrons. The van der Waals surface area contributed by atoms with E-state index in [1.165, 1.54) is 12.0 Å². The standard InChI is InChI=1S/C27H42N4O7/c1-10-27(7,8)31(24(35)19(14-20(28)32)30-25(36)38-26(4,5)6)22(23(34)29-15-21(33)37-9)18-12-16(2)11-17(3)13-18/h11-13,19,22H,10,14-15H2,1-9H3,(H2,28,32)(H,29,34)(H,30,36). The molecule has 1 aromatic rings. The van der Waals surface area contributed by atoms with Gasteiger partial charge >= 0.3 is 12.1 Å². The van der Waals surface area contributed by atoms with E-state index in [4.69, 9.17) is 10.5 Å². The SMILES string of the molecule is CCC(C)(C)N(C(=O)C(CC(N)=O)NC(=O)OC(C)(C)C)C(C(=O)NCC(=O)OC)c1cc(C)cc(C)c1. The first-order chi connectivity index (χ1) is 17.4. The van der Waals surface area contributed by atoms with Crippen LogP contribution < -0.4 is 16.4 Å². The quantitative estimate of drug-likeness (QED) is 0.368. The van der Waals surface area contributed by atoms with Crippen LogP contribution in [0.4, 0.5) is 4.79 Å². The normalized spacial score (nSPS) is 13.1. The summed E-state index contributed by atoms with van der Waals surface area (Å²) in [5.41, 5.74) is 5.84. The predicted molar refractivity (Wildman–Crippen MR) is 142 cm³/mol. The van der Waals surface area contributed by atoms with Crippen molar-refractivity contribution >= 4 is 29.8 Å². The number of hydrogen-bond donors (Lipinski definition) is 3. The molecule has 0 bridgehead atoms. The van der Waals surface area contributed by atoms with Crippen molar-refractivity contribution in [1.82, 2.24) is 15.5 Å². The number of esters is 1. The molecule has 1 aromatic carbocycles. The lowest BCUT2D eigenvalue weighted by Gasteiger charge is -2.44. The zero-order valence-electron chi connectivity index (χ0n) is 23.9.